The standard InChI is InChI=1S/C20H26N4O3/c1-14(2)22(3)19(26)15-8-10-23(11-9-15)18(25)12-24-13-21-17-7-5-4-6-16(17)20(24)27/h4-7,13-15H,8-12H2,1-3H3. The number of amides is 2. The van der Waals surface area contributed by atoms with Crippen molar-refractivity contribution < 1.29 is 9.59 Å². The van der Waals surface area contributed by atoms with Crippen LogP contribution in [0.2, 0.25) is 0 Å². The van der Waals surface area contributed by atoms with E-state index in [1.165, 1.54) is 10.9 Å². The molecule has 0 N–H and O–H groups in total. The Morgan fingerprint density at radius 1 is 1.22 bits per heavy atom. The van der Waals surface area contributed by atoms with Gasteiger partial charge in [-0.05, 0) is 38.8 Å². The van der Waals surface area contributed by atoms with Crippen LogP contribution in [0.3, 0.4) is 0 Å². The molecule has 2 amide bonds. The van der Waals surface area contributed by atoms with Crippen LogP contribution in [0.4, 0.5) is 0 Å². The second-order valence-corrected chi connectivity index (χ2v) is 7.39. The van der Waals surface area contributed by atoms with E-state index in [1.54, 1.807) is 28.0 Å². The molecule has 2 heterocycles. The number of rotatable bonds is 4. The quantitative estimate of drug-likeness (QED) is 0.817. The summed E-state index contributed by atoms with van der Waals surface area (Å²) in [5.74, 6) is -0.00384. The summed E-state index contributed by atoms with van der Waals surface area (Å²) in [4.78, 5) is 45.3. The first kappa shape index (κ1) is 19.1. The number of carbonyl (C=O) groups excluding carboxylic acids is 2. The fourth-order valence-electron chi connectivity index (χ4n) is 3.38. The topological polar surface area (TPSA) is 75.5 Å². The predicted molar refractivity (Wildman–Crippen MR) is 103 cm³/mol. The van der Waals surface area contributed by atoms with Gasteiger partial charge in [0.05, 0.1) is 17.2 Å². The molecule has 0 unspecified atom stereocenters. The number of aromatic nitrogens is 2. The van der Waals surface area contributed by atoms with Gasteiger partial charge in [0.15, 0.2) is 0 Å². The molecule has 1 aliphatic rings. The van der Waals surface area contributed by atoms with Crippen LogP contribution in [0.15, 0.2) is 35.4 Å². The lowest BCUT2D eigenvalue weighted by Gasteiger charge is -2.34. The first-order valence-electron chi connectivity index (χ1n) is 9.37. The van der Waals surface area contributed by atoms with Gasteiger partial charge in [-0.25, -0.2) is 4.98 Å². The smallest absolute Gasteiger partial charge is 0.261 e. The lowest BCUT2D eigenvalue weighted by molar-refractivity contribution is -0.141. The molecule has 7 heteroatoms. The maximum Gasteiger partial charge on any atom is 0.261 e. The van der Waals surface area contributed by atoms with Gasteiger partial charge >= 0.3 is 0 Å². The van der Waals surface area contributed by atoms with Gasteiger partial charge in [-0.2, -0.15) is 0 Å². The molecule has 3 rings (SSSR count). The minimum absolute atomic E-state index is 0.0266. The maximum absolute atomic E-state index is 12.6. The normalized spacial score (nSPS) is 15.3. The van der Waals surface area contributed by atoms with E-state index in [0.29, 0.717) is 36.8 Å². The van der Waals surface area contributed by atoms with Crippen molar-refractivity contribution in [1.29, 1.82) is 0 Å². The maximum atomic E-state index is 12.6. The van der Waals surface area contributed by atoms with Gasteiger partial charge in [0.2, 0.25) is 11.8 Å². The fraction of sp³-hybridized carbons (Fsp3) is 0.500. The summed E-state index contributed by atoms with van der Waals surface area (Å²) in [5.41, 5.74) is 0.414. The van der Waals surface area contributed by atoms with Crippen molar-refractivity contribution in [3.8, 4) is 0 Å². The lowest BCUT2D eigenvalue weighted by atomic mass is 9.95. The highest BCUT2D eigenvalue weighted by molar-refractivity contribution is 5.81. The van der Waals surface area contributed by atoms with Crippen molar-refractivity contribution in [3.05, 3.63) is 40.9 Å². The third-order valence-electron chi connectivity index (χ3n) is 5.36. The lowest BCUT2D eigenvalue weighted by Crippen LogP contribution is -2.46. The van der Waals surface area contributed by atoms with E-state index in [1.807, 2.05) is 27.0 Å². The molecule has 0 aliphatic carbocycles. The molecule has 0 radical (unpaired) electrons. The number of para-hydroxylation sites is 1. The fourth-order valence-corrected chi connectivity index (χ4v) is 3.38. The van der Waals surface area contributed by atoms with Crippen LogP contribution in [0.1, 0.15) is 26.7 Å². The van der Waals surface area contributed by atoms with Crippen LogP contribution in [-0.2, 0) is 16.1 Å². The first-order valence-corrected chi connectivity index (χ1v) is 9.37. The van der Waals surface area contributed by atoms with E-state index in [2.05, 4.69) is 4.98 Å². The third-order valence-corrected chi connectivity index (χ3v) is 5.36. The van der Waals surface area contributed by atoms with Crippen LogP contribution in [0.25, 0.3) is 10.9 Å². The molecule has 1 saturated heterocycles. The molecule has 7 nitrogen and oxygen atoms in total. The van der Waals surface area contributed by atoms with Crippen LogP contribution >= 0.6 is 0 Å². The van der Waals surface area contributed by atoms with Crippen molar-refractivity contribution >= 4 is 22.7 Å². The summed E-state index contributed by atoms with van der Waals surface area (Å²) in [6.07, 6.45) is 2.75. The SMILES string of the molecule is CC(C)N(C)C(=O)C1CCN(C(=O)Cn2cnc3ccccc3c2=O)CC1. The number of likely N-dealkylation sites (tertiary alicyclic amines) is 1. The molecule has 27 heavy (non-hydrogen) atoms. The Morgan fingerprint density at radius 3 is 2.56 bits per heavy atom. The monoisotopic (exact) mass is 370 g/mol. The molecule has 1 aliphatic heterocycles. The van der Waals surface area contributed by atoms with Gasteiger partial charge < -0.3 is 9.80 Å². The number of piperidine rings is 1. The number of hydrogen-bond donors (Lipinski definition) is 0. The molecule has 1 fully saturated rings. The van der Waals surface area contributed by atoms with Crippen molar-refractivity contribution in [2.75, 3.05) is 20.1 Å². The number of hydrogen-bond acceptors (Lipinski definition) is 4. The van der Waals surface area contributed by atoms with Crippen molar-refractivity contribution in [2.45, 2.75) is 39.3 Å². The highest BCUT2D eigenvalue weighted by Crippen LogP contribution is 2.20. The van der Waals surface area contributed by atoms with Gasteiger partial charge in [-0.15, -0.1) is 0 Å². The van der Waals surface area contributed by atoms with Crippen molar-refractivity contribution in [1.82, 2.24) is 19.4 Å². The van der Waals surface area contributed by atoms with Crippen LogP contribution < -0.4 is 5.56 Å². The average molecular weight is 370 g/mol. The largest absolute Gasteiger partial charge is 0.343 e. The predicted octanol–water partition coefficient (Wildman–Crippen LogP) is 1.50. The molecule has 0 atom stereocenters. The summed E-state index contributed by atoms with van der Waals surface area (Å²) in [5, 5.41) is 0.508. The average Bonchev–Trinajstić information content (AvgIpc) is 2.69. The van der Waals surface area contributed by atoms with E-state index < -0.39 is 0 Å². The van der Waals surface area contributed by atoms with E-state index in [-0.39, 0.29) is 35.9 Å². The Kier molecular flexibility index (Phi) is 5.58. The van der Waals surface area contributed by atoms with E-state index >= 15 is 0 Å². The van der Waals surface area contributed by atoms with E-state index in [9.17, 15) is 14.4 Å². The number of nitrogens with zero attached hydrogens (tertiary/aromatic N) is 4. The third kappa shape index (κ3) is 4.02. The molecule has 0 spiro atoms. The van der Waals surface area contributed by atoms with Crippen molar-refractivity contribution in [2.24, 2.45) is 5.92 Å². The van der Waals surface area contributed by atoms with Gasteiger partial charge in [-0.3, -0.25) is 19.0 Å². The zero-order valence-corrected chi connectivity index (χ0v) is 16.1. The molecule has 0 bridgehead atoms. The summed E-state index contributed by atoms with van der Waals surface area (Å²) < 4.78 is 1.36. The molecular weight excluding hydrogens is 344 g/mol. The Bertz CT molecular complexity index is 897. The van der Waals surface area contributed by atoms with E-state index in [4.69, 9.17) is 0 Å². The summed E-state index contributed by atoms with van der Waals surface area (Å²) in [6.45, 7) is 5.03. The zero-order chi connectivity index (χ0) is 19.6. The second kappa shape index (κ2) is 7.90. The summed E-state index contributed by atoms with van der Waals surface area (Å²) in [6, 6.07) is 7.27. The van der Waals surface area contributed by atoms with Gasteiger partial charge in [0.25, 0.3) is 5.56 Å². The Balaban J connectivity index is 1.63. The molecule has 2 aromatic rings. The zero-order valence-electron chi connectivity index (χ0n) is 16.1. The molecule has 1 aromatic carbocycles. The minimum Gasteiger partial charge on any atom is -0.343 e. The number of fused-ring (bicyclic) bond motifs is 1. The second-order valence-electron chi connectivity index (χ2n) is 7.39. The van der Waals surface area contributed by atoms with E-state index in [0.717, 1.165) is 0 Å². The Morgan fingerprint density at radius 2 is 1.89 bits per heavy atom. The molecular formula is C20H26N4O3. The van der Waals surface area contributed by atoms with Crippen LogP contribution in [0.5, 0.6) is 0 Å². The Labute approximate surface area is 158 Å². The highest BCUT2D eigenvalue weighted by atomic mass is 16.2. The van der Waals surface area contributed by atoms with Crippen LogP contribution in [-0.4, -0.2) is 57.3 Å². The Hall–Kier alpha value is -2.70. The molecule has 1 aromatic heterocycles. The molecule has 144 valence electrons. The van der Waals surface area contributed by atoms with Gasteiger partial charge in [0, 0.05) is 32.1 Å². The number of benzene rings is 1. The highest BCUT2D eigenvalue weighted by Gasteiger charge is 2.29. The minimum atomic E-state index is -0.211. The summed E-state index contributed by atoms with van der Waals surface area (Å²) in [7, 11) is 1.82. The van der Waals surface area contributed by atoms with Crippen molar-refractivity contribution in [3.63, 3.8) is 0 Å². The molecule has 0 saturated carbocycles. The first-order chi connectivity index (χ1) is 12.9. The summed E-state index contributed by atoms with van der Waals surface area (Å²) >= 11 is 0. The van der Waals surface area contributed by atoms with Gasteiger partial charge in [0.1, 0.15) is 6.54 Å². The van der Waals surface area contributed by atoms with Gasteiger partial charge in [-0.1, -0.05) is 12.1 Å². The van der Waals surface area contributed by atoms with Crippen LogP contribution in [0, 0.1) is 5.92 Å². The number of carbonyl (C=O) groups is 2.